The summed E-state index contributed by atoms with van der Waals surface area (Å²) in [5.74, 6) is 1.00. The van der Waals surface area contributed by atoms with Gasteiger partial charge in [0.15, 0.2) is 0 Å². The number of carbonyl (C=O) groups excluding carboxylic acids is 1. The summed E-state index contributed by atoms with van der Waals surface area (Å²) in [6, 6.07) is 0.343. The lowest BCUT2D eigenvalue weighted by molar-refractivity contribution is 0.196. The highest BCUT2D eigenvalue weighted by Crippen LogP contribution is 2.07. The third kappa shape index (κ3) is 3.34. The van der Waals surface area contributed by atoms with Gasteiger partial charge in [-0.25, -0.2) is 4.79 Å². The third-order valence-electron chi connectivity index (χ3n) is 1.91. The van der Waals surface area contributed by atoms with Gasteiger partial charge in [0, 0.05) is 25.9 Å². The molecule has 0 fully saturated rings. The van der Waals surface area contributed by atoms with Crippen molar-refractivity contribution < 1.29 is 4.79 Å². The molecule has 0 heterocycles. The molecule has 1 N–H and O–H groups in total. The summed E-state index contributed by atoms with van der Waals surface area (Å²) < 4.78 is 0. The number of hydrogen-bond donors (Lipinski definition) is 1. The SMILES string of the molecule is CCC(CSC)N(C)C(=O)NC. The van der Waals surface area contributed by atoms with Crippen molar-refractivity contribution in [1.29, 1.82) is 0 Å². The lowest BCUT2D eigenvalue weighted by atomic mass is 10.2. The molecule has 1 atom stereocenters. The van der Waals surface area contributed by atoms with E-state index in [4.69, 9.17) is 0 Å². The van der Waals surface area contributed by atoms with Crippen molar-refractivity contribution in [3.63, 3.8) is 0 Å². The minimum atomic E-state index is -0.00380. The highest BCUT2D eigenvalue weighted by atomic mass is 32.2. The van der Waals surface area contributed by atoms with Gasteiger partial charge in [0.05, 0.1) is 0 Å². The Bertz CT molecular complexity index is 141. The zero-order valence-electron chi connectivity index (χ0n) is 8.26. The number of nitrogens with zero attached hydrogens (tertiary/aromatic N) is 1. The second kappa shape index (κ2) is 6.17. The molecule has 0 saturated carbocycles. The topological polar surface area (TPSA) is 32.3 Å². The largest absolute Gasteiger partial charge is 0.341 e. The maximum Gasteiger partial charge on any atom is 0.317 e. The minimum Gasteiger partial charge on any atom is -0.341 e. The van der Waals surface area contributed by atoms with E-state index in [1.54, 1.807) is 23.7 Å². The van der Waals surface area contributed by atoms with E-state index in [1.165, 1.54) is 0 Å². The fourth-order valence-electron chi connectivity index (χ4n) is 1.04. The van der Waals surface area contributed by atoms with Crippen molar-refractivity contribution in [3.8, 4) is 0 Å². The number of carbonyl (C=O) groups is 1. The van der Waals surface area contributed by atoms with Crippen molar-refractivity contribution in [3.05, 3.63) is 0 Å². The van der Waals surface area contributed by atoms with E-state index in [0.29, 0.717) is 6.04 Å². The summed E-state index contributed by atoms with van der Waals surface area (Å²) in [5.41, 5.74) is 0. The van der Waals surface area contributed by atoms with Crippen LogP contribution < -0.4 is 5.32 Å². The number of hydrogen-bond acceptors (Lipinski definition) is 2. The molecule has 0 aromatic carbocycles. The predicted octanol–water partition coefficient (Wildman–Crippen LogP) is 1.40. The van der Waals surface area contributed by atoms with Gasteiger partial charge < -0.3 is 10.2 Å². The molecule has 0 rings (SSSR count). The smallest absolute Gasteiger partial charge is 0.317 e. The van der Waals surface area contributed by atoms with Crippen molar-refractivity contribution in [2.24, 2.45) is 0 Å². The second-order valence-electron chi connectivity index (χ2n) is 2.68. The van der Waals surface area contributed by atoms with Crippen molar-refractivity contribution in [2.45, 2.75) is 19.4 Å². The molecule has 0 bridgehead atoms. The van der Waals surface area contributed by atoms with E-state index in [2.05, 4.69) is 18.5 Å². The number of urea groups is 1. The number of rotatable bonds is 4. The van der Waals surface area contributed by atoms with E-state index in [9.17, 15) is 4.79 Å². The predicted molar refractivity (Wildman–Crippen MR) is 54.7 cm³/mol. The normalized spacial score (nSPS) is 12.3. The first kappa shape index (κ1) is 11.6. The number of amides is 2. The lowest BCUT2D eigenvalue weighted by Crippen LogP contribution is -2.43. The molecule has 0 aliphatic heterocycles. The fraction of sp³-hybridized carbons (Fsp3) is 0.875. The van der Waals surface area contributed by atoms with Crippen LogP contribution in [-0.2, 0) is 0 Å². The average molecular weight is 190 g/mol. The fourth-order valence-corrected chi connectivity index (χ4v) is 1.88. The second-order valence-corrected chi connectivity index (χ2v) is 3.59. The molecule has 0 aliphatic carbocycles. The summed E-state index contributed by atoms with van der Waals surface area (Å²) in [5, 5.41) is 2.62. The van der Waals surface area contributed by atoms with Crippen LogP contribution in [0.25, 0.3) is 0 Å². The molecule has 4 heteroatoms. The molecule has 1 unspecified atom stereocenters. The average Bonchev–Trinajstić information content (AvgIpc) is 2.11. The molecule has 0 aromatic heterocycles. The van der Waals surface area contributed by atoms with Crippen LogP contribution in [0.4, 0.5) is 4.79 Å². The van der Waals surface area contributed by atoms with E-state index in [0.717, 1.165) is 12.2 Å². The molecule has 0 spiro atoms. The first-order valence-corrected chi connectivity index (χ1v) is 5.50. The van der Waals surface area contributed by atoms with Gasteiger partial charge in [0.25, 0.3) is 0 Å². The quantitative estimate of drug-likeness (QED) is 0.726. The Hall–Kier alpha value is -0.380. The van der Waals surface area contributed by atoms with Gasteiger partial charge in [0.1, 0.15) is 0 Å². The number of thioether (sulfide) groups is 1. The van der Waals surface area contributed by atoms with Crippen LogP contribution in [0.15, 0.2) is 0 Å². The standard InChI is InChI=1S/C8H18N2OS/c1-5-7(6-12-4)10(3)8(11)9-2/h7H,5-6H2,1-4H3,(H,9,11). The third-order valence-corrected chi connectivity index (χ3v) is 2.63. The molecular formula is C8H18N2OS. The van der Waals surface area contributed by atoms with Gasteiger partial charge in [-0.2, -0.15) is 11.8 Å². The van der Waals surface area contributed by atoms with Crippen LogP contribution in [0, 0.1) is 0 Å². The van der Waals surface area contributed by atoms with Crippen LogP contribution in [0.2, 0.25) is 0 Å². The maximum atomic E-state index is 11.2. The first-order chi connectivity index (χ1) is 5.67. The summed E-state index contributed by atoms with van der Waals surface area (Å²) >= 11 is 1.77. The Morgan fingerprint density at radius 3 is 2.58 bits per heavy atom. The van der Waals surface area contributed by atoms with Gasteiger partial charge in [-0.15, -0.1) is 0 Å². The molecule has 72 valence electrons. The molecule has 2 amide bonds. The highest BCUT2D eigenvalue weighted by Gasteiger charge is 2.15. The molecule has 0 aliphatic rings. The Balaban J connectivity index is 4.00. The van der Waals surface area contributed by atoms with Gasteiger partial charge in [-0.3, -0.25) is 0 Å². The van der Waals surface area contributed by atoms with E-state index < -0.39 is 0 Å². The van der Waals surface area contributed by atoms with E-state index in [-0.39, 0.29) is 6.03 Å². The Kier molecular flexibility index (Phi) is 5.98. The zero-order valence-corrected chi connectivity index (χ0v) is 9.07. The van der Waals surface area contributed by atoms with Crippen molar-refractivity contribution >= 4 is 17.8 Å². The van der Waals surface area contributed by atoms with E-state index >= 15 is 0 Å². The highest BCUT2D eigenvalue weighted by molar-refractivity contribution is 7.98. The molecule has 0 saturated heterocycles. The molecule has 12 heavy (non-hydrogen) atoms. The Morgan fingerprint density at radius 1 is 1.67 bits per heavy atom. The number of nitrogens with one attached hydrogen (secondary N) is 1. The Morgan fingerprint density at radius 2 is 2.25 bits per heavy atom. The molecule has 3 nitrogen and oxygen atoms in total. The van der Waals surface area contributed by atoms with Crippen LogP contribution in [0.3, 0.4) is 0 Å². The zero-order chi connectivity index (χ0) is 9.56. The van der Waals surface area contributed by atoms with Crippen molar-refractivity contribution in [2.75, 3.05) is 26.1 Å². The van der Waals surface area contributed by atoms with Crippen LogP contribution in [0.5, 0.6) is 0 Å². The lowest BCUT2D eigenvalue weighted by Gasteiger charge is -2.26. The summed E-state index contributed by atoms with van der Waals surface area (Å²) in [6.45, 7) is 2.10. The maximum absolute atomic E-state index is 11.2. The van der Waals surface area contributed by atoms with Gasteiger partial charge in [0.2, 0.25) is 0 Å². The van der Waals surface area contributed by atoms with Gasteiger partial charge >= 0.3 is 6.03 Å². The first-order valence-electron chi connectivity index (χ1n) is 4.10. The Labute approximate surface area is 78.9 Å². The van der Waals surface area contributed by atoms with E-state index in [1.807, 2.05) is 7.05 Å². The summed E-state index contributed by atoms with van der Waals surface area (Å²) in [7, 11) is 3.49. The van der Waals surface area contributed by atoms with Crippen LogP contribution >= 0.6 is 11.8 Å². The summed E-state index contributed by atoms with van der Waals surface area (Å²) in [4.78, 5) is 13.0. The van der Waals surface area contributed by atoms with Crippen LogP contribution in [-0.4, -0.2) is 43.1 Å². The summed E-state index contributed by atoms with van der Waals surface area (Å²) in [6.07, 6.45) is 3.06. The monoisotopic (exact) mass is 190 g/mol. The minimum absolute atomic E-state index is 0.00380. The van der Waals surface area contributed by atoms with Gasteiger partial charge in [-0.05, 0) is 12.7 Å². The molecule has 0 radical (unpaired) electrons. The molecular weight excluding hydrogens is 172 g/mol. The van der Waals surface area contributed by atoms with Crippen LogP contribution in [0.1, 0.15) is 13.3 Å². The van der Waals surface area contributed by atoms with Gasteiger partial charge in [-0.1, -0.05) is 6.92 Å². The van der Waals surface area contributed by atoms with Crippen molar-refractivity contribution in [1.82, 2.24) is 10.2 Å². The molecule has 0 aromatic rings.